The fourth-order valence-electron chi connectivity index (χ4n) is 3.75. The van der Waals surface area contributed by atoms with Crippen LogP contribution in [0.1, 0.15) is 18.4 Å². The molecule has 1 aliphatic rings. The summed E-state index contributed by atoms with van der Waals surface area (Å²) in [5.41, 5.74) is 3.39. The fraction of sp³-hybridized carbons (Fsp3) is 0.269. The molecule has 1 amide bonds. The Morgan fingerprint density at radius 3 is 2.10 bits per heavy atom. The van der Waals surface area contributed by atoms with Crippen LogP contribution in [0.5, 0.6) is 0 Å². The van der Waals surface area contributed by atoms with Crippen molar-refractivity contribution in [1.29, 1.82) is 0 Å². The lowest BCUT2D eigenvalue weighted by Crippen LogP contribution is -2.44. The molecule has 1 aliphatic heterocycles. The van der Waals surface area contributed by atoms with Gasteiger partial charge in [-0.2, -0.15) is 0 Å². The first-order chi connectivity index (χ1) is 14.7. The van der Waals surface area contributed by atoms with Crippen molar-refractivity contribution in [1.82, 2.24) is 5.32 Å². The molecule has 1 saturated heterocycles. The first-order valence-corrected chi connectivity index (χ1v) is 11.3. The van der Waals surface area contributed by atoms with Gasteiger partial charge >= 0.3 is 0 Å². The summed E-state index contributed by atoms with van der Waals surface area (Å²) in [7, 11) is 0. The molecule has 0 atom stereocenters. The van der Waals surface area contributed by atoms with Crippen molar-refractivity contribution >= 4 is 17.7 Å². The summed E-state index contributed by atoms with van der Waals surface area (Å²) in [6.45, 7) is 2.16. The van der Waals surface area contributed by atoms with Crippen molar-refractivity contribution in [3.63, 3.8) is 0 Å². The number of thioether (sulfide) groups is 1. The summed E-state index contributed by atoms with van der Waals surface area (Å²) < 4.78 is 5.58. The molecule has 0 saturated carbocycles. The number of carbonyl (C=O) groups excluding carboxylic acids is 1. The van der Waals surface area contributed by atoms with E-state index in [1.807, 2.05) is 48.2 Å². The zero-order valence-electron chi connectivity index (χ0n) is 17.1. The second kappa shape index (κ2) is 9.96. The van der Waals surface area contributed by atoms with Crippen LogP contribution in [0.4, 0.5) is 0 Å². The molecule has 0 radical (unpaired) electrons. The zero-order valence-corrected chi connectivity index (χ0v) is 17.9. The van der Waals surface area contributed by atoms with Crippen LogP contribution in [0.15, 0.2) is 89.8 Å². The van der Waals surface area contributed by atoms with Crippen LogP contribution in [-0.4, -0.2) is 30.4 Å². The third kappa shape index (κ3) is 5.53. The van der Waals surface area contributed by atoms with Crippen molar-refractivity contribution in [2.75, 3.05) is 19.8 Å². The van der Waals surface area contributed by atoms with Crippen molar-refractivity contribution < 1.29 is 9.53 Å². The molecule has 1 fully saturated rings. The number of hydrogen-bond donors (Lipinski definition) is 1. The van der Waals surface area contributed by atoms with Gasteiger partial charge in [-0.1, -0.05) is 72.8 Å². The van der Waals surface area contributed by atoms with Gasteiger partial charge in [0, 0.05) is 29.4 Å². The van der Waals surface area contributed by atoms with Crippen LogP contribution in [0.25, 0.3) is 11.1 Å². The van der Waals surface area contributed by atoms with E-state index in [0.717, 1.165) is 31.6 Å². The summed E-state index contributed by atoms with van der Waals surface area (Å²) in [4.78, 5) is 13.9. The molecule has 30 heavy (non-hydrogen) atoms. The van der Waals surface area contributed by atoms with Crippen LogP contribution in [0.3, 0.4) is 0 Å². The van der Waals surface area contributed by atoms with Gasteiger partial charge in [0.1, 0.15) is 0 Å². The Morgan fingerprint density at radius 1 is 0.833 bits per heavy atom. The monoisotopic (exact) mass is 417 g/mol. The minimum Gasteiger partial charge on any atom is -0.381 e. The van der Waals surface area contributed by atoms with E-state index in [1.165, 1.54) is 16.0 Å². The Morgan fingerprint density at radius 2 is 1.43 bits per heavy atom. The average Bonchev–Trinajstić information content (AvgIpc) is 2.80. The van der Waals surface area contributed by atoms with Crippen LogP contribution >= 0.6 is 11.8 Å². The van der Waals surface area contributed by atoms with Crippen LogP contribution in [0, 0.1) is 0 Å². The quantitative estimate of drug-likeness (QED) is 0.563. The standard InChI is InChI=1S/C26H27NO2S/c28-25(19-21-11-13-23(14-12-21)22-7-3-1-4-8-22)27-20-26(15-17-29-18-16-26)30-24-9-5-2-6-10-24/h1-14H,15-20H2,(H,27,28). The molecule has 4 rings (SSSR count). The van der Waals surface area contributed by atoms with Gasteiger partial charge in [-0.3, -0.25) is 4.79 Å². The Hall–Kier alpha value is -2.56. The molecule has 3 aromatic carbocycles. The lowest BCUT2D eigenvalue weighted by atomic mass is 9.98. The van der Waals surface area contributed by atoms with E-state index >= 15 is 0 Å². The van der Waals surface area contributed by atoms with E-state index in [9.17, 15) is 4.79 Å². The summed E-state index contributed by atoms with van der Waals surface area (Å²) in [5, 5.41) is 3.19. The molecule has 1 heterocycles. The molecular formula is C26H27NO2S. The second-order valence-corrected chi connectivity index (χ2v) is 9.27. The van der Waals surface area contributed by atoms with Crippen LogP contribution in [-0.2, 0) is 16.0 Å². The fourth-order valence-corrected chi connectivity index (χ4v) is 5.06. The molecule has 0 aliphatic carbocycles. The Balaban J connectivity index is 1.35. The summed E-state index contributed by atoms with van der Waals surface area (Å²) in [6.07, 6.45) is 2.29. The number of hydrogen-bond acceptors (Lipinski definition) is 3. The lowest BCUT2D eigenvalue weighted by molar-refractivity contribution is -0.120. The molecular weight excluding hydrogens is 390 g/mol. The van der Waals surface area contributed by atoms with Gasteiger partial charge in [0.15, 0.2) is 0 Å². The van der Waals surface area contributed by atoms with Crippen molar-refractivity contribution in [2.24, 2.45) is 0 Å². The van der Waals surface area contributed by atoms with E-state index in [0.29, 0.717) is 13.0 Å². The van der Waals surface area contributed by atoms with E-state index in [2.05, 4.69) is 53.8 Å². The lowest BCUT2D eigenvalue weighted by Gasteiger charge is -2.36. The molecule has 0 spiro atoms. The highest BCUT2D eigenvalue weighted by atomic mass is 32.2. The van der Waals surface area contributed by atoms with Crippen LogP contribution < -0.4 is 5.32 Å². The minimum absolute atomic E-state index is 0.00751. The maximum atomic E-state index is 12.7. The Bertz CT molecular complexity index is 936. The maximum Gasteiger partial charge on any atom is 0.224 e. The SMILES string of the molecule is O=C(Cc1ccc(-c2ccccc2)cc1)NCC1(Sc2ccccc2)CCOCC1. The number of amides is 1. The Kier molecular flexibility index (Phi) is 6.88. The van der Waals surface area contributed by atoms with E-state index < -0.39 is 0 Å². The van der Waals surface area contributed by atoms with E-state index in [4.69, 9.17) is 4.74 Å². The van der Waals surface area contributed by atoms with Crippen molar-refractivity contribution in [3.05, 3.63) is 90.5 Å². The number of rotatable bonds is 7. The first kappa shape index (κ1) is 20.7. The van der Waals surface area contributed by atoms with Crippen molar-refractivity contribution in [3.8, 4) is 11.1 Å². The molecule has 4 heteroatoms. The minimum atomic E-state index is -0.00751. The second-order valence-electron chi connectivity index (χ2n) is 7.73. The molecule has 3 nitrogen and oxygen atoms in total. The maximum absolute atomic E-state index is 12.7. The molecule has 0 bridgehead atoms. The number of benzene rings is 3. The van der Waals surface area contributed by atoms with Gasteiger partial charge in [-0.25, -0.2) is 0 Å². The molecule has 0 aromatic heterocycles. The predicted octanol–water partition coefficient (Wildman–Crippen LogP) is 5.35. The number of nitrogens with one attached hydrogen (secondary N) is 1. The third-order valence-electron chi connectivity index (χ3n) is 5.52. The summed E-state index contributed by atoms with van der Waals surface area (Å²) >= 11 is 1.87. The molecule has 1 N–H and O–H groups in total. The van der Waals surface area contributed by atoms with Gasteiger partial charge in [0.2, 0.25) is 5.91 Å². The van der Waals surface area contributed by atoms with Gasteiger partial charge in [-0.15, -0.1) is 11.8 Å². The first-order valence-electron chi connectivity index (χ1n) is 10.5. The molecule has 154 valence electrons. The highest BCUT2D eigenvalue weighted by Gasteiger charge is 2.34. The van der Waals surface area contributed by atoms with Gasteiger partial charge in [0.25, 0.3) is 0 Å². The summed E-state index contributed by atoms with van der Waals surface area (Å²) in [6, 6.07) is 29.0. The highest BCUT2D eigenvalue weighted by molar-refractivity contribution is 8.00. The molecule has 0 unspecified atom stereocenters. The van der Waals surface area contributed by atoms with Crippen LogP contribution in [0.2, 0.25) is 0 Å². The highest BCUT2D eigenvalue weighted by Crippen LogP contribution is 2.40. The van der Waals surface area contributed by atoms with Crippen molar-refractivity contribution in [2.45, 2.75) is 28.9 Å². The zero-order chi connectivity index (χ0) is 20.7. The number of carbonyl (C=O) groups is 1. The third-order valence-corrected chi connectivity index (χ3v) is 7.01. The summed E-state index contributed by atoms with van der Waals surface area (Å²) in [5.74, 6) is 0.0713. The van der Waals surface area contributed by atoms with Gasteiger partial charge in [-0.05, 0) is 41.7 Å². The largest absolute Gasteiger partial charge is 0.381 e. The normalized spacial score (nSPS) is 15.5. The predicted molar refractivity (Wildman–Crippen MR) is 124 cm³/mol. The topological polar surface area (TPSA) is 38.3 Å². The van der Waals surface area contributed by atoms with Gasteiger partial charge < -0.3 is 10.1 Å². The van der Waals surface area contributed by atoms with Gasteiger partial charge in [0.05, 0.1) is 6.42 Å². The number of ether oxygens (including phenoxy) is 1. The Labute approximate surface area is 182 Å². The molecule has 3 aromatic rings. The average molecular weight is 418 g/mol. The smallest absolute Gasteiger partial charge is 0.224 e. The van der Waals surface area contributed by atoms with E-state index in [-0.39, 0.29) is 10.7 Å². The van der Waals surface area contributed by atoms with E-state index in [1.54, 1.807) is 0 Å².